The number of likely N-dealkylation sites (tertiary alicyclic amines) is 1. The van der Waals surface area contributed by atoms with Crippen molar-refractivity contribution in [3.8, 4) is 11.4 Å². The molecule has 2 aromatic heterocycles. The molecule has 1 unspecified atom stereocenters. The molecule has 2 N–H and O–H groups in total. The van der Waals surface area contributed by atoms with Crippen molar-refractivity contribution in [1.82, 2.24) is 30.5 Å². The monoisotopic (exact) mass is 288 g/mol. The molecule has 0 amide bonds. The Morgan fingerprint density at radius 2 is 2.33 bits per heavy atom. The molecule has 0 saturated carbocycles. The van der Waals surface area contributed by atoms with Gasteiger partial charge in [-0.3, -0.25) is 9.88 Å². The van der Waals surface area contributed by atoms with Gasteiger partial charge in [-0.05, 0) is 23.8 Å². The van der Waals surface area contributed by atoms with Crippen molar-refractivity contribution in [2.75, 3.05) is 13.1 Å². The Bertz CT molecular complexity index is 597. The van der Waals surface area contributed by atoms with Crippen molar-refractivity contribution in [1.29, 1.82) is 0 Å². The maximum absolute atomic E-state index is 10.0. The SMILES string of the molecule is CC1(C)CN(Cc2cc(-c3nn[nH]n3)ccn2)CCC1O. The average Bonchev–Trinajstić information content (AvgIpc) is 2.97. The van der Waals surface area contributed by atoms with Gasteiger partial charge in [0, 0.05) is 36.8 Å². The Balaban J connectivity index is 1.72. The molecule has 1 aliphatic rings. The molecule has 1 atom stereocenters. The predicted octanol–water partition coefficient (Wildman–Crippen LogP) is 0.854. The second-order valence-corrected chi connectivity index (χ2v) is 6.27. The molecule has 1 fully saturated rings. The van der Waals surface area contributed by atoms with E-state index in [4.69, 9.17) is 0 Å². The van der Waals surface area contributed by atoms with Gasteiger partial charge in [0.05, 0.1) is 11.8 Å². The maximum atomic E-state index is 10.0. The van der Waals surface area contributed by atoms with E-state index in [0.717, 1.165) is 37.3 Å². The van der Waals surface area contributed by atoms with Gasteiger partial charge in [-0.1, -0.05) is 13.8 Å². The molecule has 7 heteroatoms. The summed E-state index contributed by atoms with van der Waals surface area (Å²) in [5.74, 6) is 0.577. The number of rotatable bonds is 3. The number of nitrogens with zero attached hydrogens (tertiary/aromatic N) is 5. The molecule has 0 spiro atoms. The van der Waals surface area contributed by atoms with E-state index in [-0.39, 0.29) is 11.5 Å². The van der Waals surface area contributed by atoms with Crippen molar-refractivity contribution < 1.29 is 5.11 Å². The fraction of sp³-hybridized carbons (Fsp3) is 0.571. The zero-order valence-corrected chi connectivity index (χ0v) is 12.3. The van der Waals surface area contributed by atoms with Gasteiger partial charge in [0.1, 0.15) is 0 Å². The lowest BCUT2D eigenvalue weighted by Gasteiger charge is -2.41. The first-order valence-electron chi connectivity index (χ1n) is 7.14. The lowest BCUT2D eigenvalue weighted by Crippen LogP contribution is -2.48. The summed E-state index contributed by atoms with van der Waals surface area (Å²) in [4.78, 5) is 6.75. The van der Waals surface area contributed by atoms with Gasteiger partial charge in [0.25, 0.3) is 0 Å². The fourth-order valence-electron chi connectivity index (χ4n) is 2.81. The Morgan fingerprint density at radius 3 is 3.05 bits per heavy atom. The summed E-state index contributed by atoms with van der Waals surface area (Å²) in [6.07, 6.45) is 2.34. The van der Waals surface area contributed by atoms with Crippen molar-refractivity contribution in [2.24, 2.45) is 5.41 Å². The second-order valence-electron chi connectivity index (χ2n) is 6.27. The smallest absolute Gasteiger partial charge is 0.204 e. The van der Waals surface area contributed by atoms with E-state index in [1.165, 1.54) is 0 Å². The molecular weight excluding hydrogens is 268 g/mol. The van der Waals surface area contributed by atoms with Gasteiger partial charge in [0.15, 0.2) is 0 Å². The van der Waals surface area contributed by atoms with Crippen LogP contribution in [0.3, 0.4) is 0 Å². The minimum absolute atomic E-state index is 0.0798. The molecule has 1 saturated heterocycles. The maximum Gasteiger partial charge on any atom is 0.204 e. The molecule has 0 aromatic carbocycles. The van der Waals surface area contributed by atoms with Crippen LogP contribution in [-0.4, -0.2) is 54.8 Å². The summed E-state index contributed by atoms with van der Waals surface area (Å²) in [5, 5.41) is 24.0. The van der Waals surface area contributed by atoms with E-state index in [1.54, 1.807) is 6.20 Å². The van der Waals surface area contributed by atoms with E-state index in [2.05, 4.69) is 44.4 Å². The summed E-state index contributed by atoms with van der Waals surface area (Å²) in [6, 6.07) is 3.86. The van der Waals surface area contributed by atoms with Crippen LogP contribution in [0.2, 0.25) is 0 Å². The number of tetrazole rings is 1. The van der Waals surface area contributed by atoms with Crippen LogP contribution in [0, 0.1) is 5.41 Å². The molecule has 112 valence electrons. The molecule has 2 aromatic rings. The molecule has 0 bridgehead atoms. The number of nitrogens with one attached hydrogen (secondary N) is 1. The predicted molar refractivity (Wildman–Crippen MR) is 77.1 cm³/mol. The number of piperidine rings is 1. The van der Waals surface area contributed by atoms with Crippen LogP contribution in [0.1, 0.15) is 26.0 Å². The minimum atomic E-state index is -0.229. The van der Waals surface area contributed by atoms with Gasteiger partial charge in [-0.2, -0.15) is 5.21 Å². The molecular formula is C14H20N6O. The molecule has 21 heavy (non-hydrogen) atoms. The Kier molecular flexibility index (Phi) is 3.69. The van der Waals surface area contributed by atoms with E-state index in [0.29, 0.717) is 5.82 Å². The zero-order chi connectivity index (χ0) is 14.9. The normalized spacial score (nSPS) is 22.3. The first kappa shape index (κ1) is 14.1. The first-order chi connectivity index (χ1) is 10.0. The zero-order valence-electron chi connectivity index (χ0n) is 12.3. The van der Waals surface area contributed by atoms with E-state index in [9.17, 15) is 5.11 Å². The van der Waals surface area contributed by atoms with Gasteiger partial charge < -0.3 is 5.11 Å². The van der Waals surface area contributed by atoms with E-state index >= 15 is 0 Å². The highest BCUT2D eigenvalue weighted by Gasteiger charge is 2.34. The first-order valence-corrected chi connectivity index (χ1v) is 7.14. The molecule has 3 rings (SSSR count). The quantitative estimate of drug-likeness (QED) is 0.870. The topological polar surface area (TPSA) is 90.8 Å². The van der Waals surface area contributed by atoms with Gasteiger partial charge in [-0.25, -0.2) is 0 Å². The van der Waals surface area contributed by atoms with Crippen molar-refractivity contribution in [2.45, 2.75) is 32.9 Å². The summed E-state index contributed by atoms with van der Waals surface area (Å²) in [5.41, 5.74) is 1.80. The molecule has 0 radical (unpaired) electrons. The molecule has 3 heterocycles. The lowest BCUT2D eigenvalue weighted by molar-refractivity contribution is -0.0273. The number of H-pyrrole nitrogens is 1. The standard InChI is InChI=1S/C14H20N6O/c1-14(2)9-20(6-4-12(14)21)8-11-7-10(3-5-15-11)13-16-18-19-17-13/h3,5,7,12,21H,4,6,8-9H2,1-2H3,(H,16,17,18,19). The third-order valence-corrected chi connectivity index (χ3v) is 4.06. The number of aromatic amines is 1. The highest BCUT2D eigenvalue weighted by molar-refractivity contribution is 5.53. The van der Waals surface area contributed by atoms with Crippen LogP contribution in [0.4, 0.5) is 0 Å². The Labute approximate surface area is 123 Å². The number of hydrogen-bond acceptors (Lipinski definition) is 6. The third kappa shape index (κ3) is 3.08. The summed E-state index contributed by atoms with van der Waals surface area (Å²) in [7, 11) is 0. The number of aliphatic hydroxyl groups excluding tert-OH is 1. The Hall–Kier alpha value is -1.86. The Morgan fingerprint density at radius 1 is 1.48 bits per heavy atom. The van der Waals surface area contributed by atoms with Crippen molar-refractivity contribution in [3.05, 3.63) is 24.0 Å². The van der Waals surface area contributed by atoms with Crippen LogP contribution in [0.5, 0.6) is 0 Å². The highest BCUT2D eigenvalue weighted by atomic mass is 16.3. The average molecular weight is 288 g/mol. The molecule has 7 nitrogen and oxygen atoms in total. The summed E-state index contributed by atoms with van der Waals surface area (Å²) >= 11 is 0. The lowest BCUT2D eigenvalue weighted by atomic mass is 9.81. The summed E-state index contributed by atoms with van der Waals surface area (Å²) < 4.78 is 0. The minimum Gasteiger partial charge on any atom is -0.392 e. The number of aliphatic hydroxyl groups is 1. The van der Waals surface area contributed by atoms with E-state index < -0.39 is 0 Å². The third-order valence-electron chi connectivity index (χ3n) is 4.06. The number of hydrogen-bond donors (Lipinski definition) is 2. The van der Waals surface area contributed by atoms with E-state index in [1.807, 2.05) is 12.1 Å². The molecule has 0 aliphatic carbocycles. The number of aromatic nitrogens is 5. The van der Waals surface area contributed by atoms with Crippen LogP contribution in [0.25, 0.3) is 11.4 Å². The number of pyridine rings is 1. The summed E-state index contributed by atoms with van der Waals surface area (Å²) in [6.45, 7) is 6.73. The van der Waals surface area contributed by atoms with Crippen LogP contribution in [0.15, 0.2) is 18.3 Å². The van der Waals surface area contributed by atoms with Crippen LogP contribution >= 0.6 is 0 Å². The van der Waals surface area contributed by atoms with Crippen molar-refractivity contribution in [3.63, 3.8) is 0 Å². The van der Waals surface area contributed by atoms with Crippen molar-refractivity contribution >= 4 is 0 Å². The van der Waals surface area contributed by atoms with Crippen LogP contribution < -0.4 is 0 Å². The second kappa shape index (κ2) is 5.50. The molecule has 1 aliphatic heterocycles. The van der Waals surface area contributed by atoms with Gasteiger partial charge in [0.2, 0.25) is 5.82 Å². The largest absolute Gasteiger partial charge is 0.392 e. The van der Waals surface area contributed by atoms with Gasteiger partial charge >= 0.3 is 0 Å². The van der Waals surface area contributed by atoms with Crippen LogP contribution in [-0.2, 0) is 6.54 Å². The fourth-order valence-corrected chi connectivity index (χ4v) is 2.81. The van der Waals surface area contributed by atoms with Gasteiger partial charge in [-0.15, -0.1) is 10.2 Å². The highest BCUT2D eigenvalue weighted by Crippen LogP contribution is 2.29.